The summed E-state index contributed by atoms with van der Waals surface area (Å²) in [5.74, 6) is 1.26. The van der Waals surface area contributed by atoms with E-state index in [4.69, 9.17) is 9.47 Å². The van der Waals surface area contributed by atoms with Gasteiger partial charge in [-0.05, 0) is 84.3 Å². The zero-order valence-corrected chi connectivity index (χ0v) is 22.6. The fraction of sp³-hybridized carbons (Fsp3) is 0.517. The minimum atomic E-state index is -0.525. The summed E-state index contributed by atoms with van der Waals surface area (Å²) in [6.07, 6.45) is 8.36. The van der Waals surface area contributed by atoms with Crippen molar-refractivity contribution in [3.63, 3.8) is 0 Å². The predicted octanol–water partition coefficient (Wildman–Crippen LogP) is 5.29. The standard InChI is InChI=1S/C29H37N5O4/c1-17-5-12-23(37-15-18-6-7-18)21(13-17)24-26-25(32-16-31-24)22(14-30-26)27(35)33-19-8-10-20(11-9-19)34-28(36)38-29(2,3)4/h5,12-14,16,18-20,30H,6-11,15H2,1-4H3,(H,33,35)(H,34,36). The number of rotatable bonds is 7. The highest BCUT2D eigenvalue weighted by atomic mass is 16.6. The number of fused-ring (bicyclic) bond motifs is 1. The minimum Gasteiger partial charge on any atom is -0.493 e. The summed E-state index contributed by atoms with van der Waals surface area (Å²) in [4.78, 5) is 37.6. The molecule has 38 heavy (non-hydrogen) atoms. The molecule has 202 valence electrons. The van der Waals surface area contributed by atoms with Gasteiger partial charge >= 0.3 is 6.09 Å². The highest BCUT2D eigenvalue weighted by Gasteiger charge is 2.27. The van der Waals surface area contributed by atoms with E-state index in [9.17, 15) is 9.59 Å². The maximum absolute atomic E-state index is 13.3. The molecule has 0 bridgehead atoms. The van der Waals surface area contributed by atoms with Crippen LogP contribution in [0.5, 0.6) is 5.75 Å². The number of carbonyl (C=O) groups is 2. The highest BCUT2D eigenvalue weighted by Crippen LogP contribution is 2.36. The molecule has 9 heteroatoms. The normalized spacial score (nSPS) is 19.7. The van der Waals surface area contributed by atoms with Gasteiger partial charge in [-0.3, -0.25) is 4.79 Å². The average molecular weight is 520 g/mol. The van der Waals surface area contributed by atoms with Crippen molar-refractivity contribution in [1.29, 1.82) is 0 Å². The van der Waals surface area contributed by atoms with Gasteiger partial charge in [0.1, 0.15) is 28.9 Å². The topological polar surface area (TPSA) is 118 Å². The Bertz CT molecular complexity index is 1320. The van der Waals surface area contributed by atoms with Crippen LogP contribution in [0.1, 0.15) is 75.2 Å². The first-order valence-electron chi connectivity index (χ1n) is 13.5. The summed E-state index contributed by atoms with van der Waals surface area (Å²) >= 11 is 0. The lowest BCUT2D eigenvalue weighted by molar-refractivity contribution is 0.0488. The summed E-state index contributed by atoms with van der Waals surface area (Å²) < 4.78 is 11.5. The number of aryl methyl sites for hydroxylation is 1. The lowest BCUT2D eigenvalue weighted by Crippen LogP contribution is -2.45. The van der Waals surface area contributed by atoms with Crippen molar-refractivity contribution in [2.75, 3.05) is 6.61 Å². The SMILES string of the molecule is Cc1ccc(OCC2CC2)c(-c2ncnc3c(C(=O)NC4CCC(NC(=O)OC(C)(C)C)CC4)c[nH]c23)c1. The first-order chi connectivity index (χ1) is 18.2. The molecule has 0 spiro atoms. The Kier molecular flexibility index (Phi) is 7.27. The average Bonchev–Trinajstić information content (AvgIpc) is 3.58. The van der Waals surface area contributed by atoms with Gasteiger partial charge in [0.15, 0.2) is 0 Å². The van der Waals surface area contributed by atoms with E-state index in [1.165, 1.54) is 19.2 Å². The Morgan fingerprint density at radius 3 is 2.42 bits per heavy atom. The maximum Gasteiger partial charge on any atom is 0.407 e. The number of hydrogen-bond donors (Lipinski definition) is 3. The van der Waals surface area contributed by atoms with Gasteiger partial charge < -0.3 is 25.1 Å². The molecule has 2 aliphatic carbocycles. The number of hydrogen-bond acceptors (Lipinski definition) is 6. The zero-order valence-electron chi connectivity index (χ0n) is 22.6. The summed E-state index contributed by atoms with van der Waals surface area (Å²) in [5, 5.41) is 6.10. The molecule has 2 aromatic heterocycles. The summed E-state index contributed by atoms with van der Waals surface area (Å²) in [5.41, 5.74) is 3.98. The second-order valence-corrected chi connectivity index (χ2v) is 11.6. The lowest BCUT2D eigenvalue weighted by atomic mass is 9.91. The Morgan fingerprint density at radius 2 is 1.74 bits per heavy atom. The Morgan fingerprint density at radius 1 is 1.03 bits per heavy atom. The Hall–Kier alpha value is -3.62. The number of aromatic nitrogens is 3. The Balaban J connectivity index is 1.26. The van der Waals surface area contributed by atoms with Gasteiger partial charge in [0.25, 0.3) is 5.91 Å². The second kappa shape index (κ2) is 10.6. The van der Waals surface area contributed by atoms with E-state index in [0.29, 0.717) is 29.1 Å². The highest BCUT2D eigenvalue weighted by molar-refractivity contribution is 6.08. The predicted molar refractivity (Wildman–Crippen MR) is 145 cm³/mol. The molecule has 3 aromatic rings. The number of H-pyrrole nitrogens is 1. The van der Waals surface area contributed by atoms with Crippen LogP contribution in [0.15, 0.2) is 30.7 Å². The lowest BCUT2D eigenvalue weighted by Gasteiger charge is -2.30. The van der Waals surface area contributed by atoms with Crippen LogP contribution in [-0.2, 0) is 4.74 Å². The van der Waals surface area contributed by atoms with Crippen molar-refractivity contribution >= 4 is 23.0 Å². The van der Waals surface area contributed by atoms with Crippen LogP contribution in [0.3, 0.4) is 0 Å². The molecule has 9 nitrogen and oxygen atoms in total. The smallest absolute Gasteiger partial charge is 0.407 e. The van der Waals surface area contributed by atoms with Gasteiger partial charge in [-0.25, -0.2) is 14.8 Å². The molecule has 1 aromatic carbocycles. The van der Waals surface area contributed by atoms with E-state index in [2.05, 4.69) is 31.7 Å². The van der Waals surface area contributed by atoms with E-state index >= 15 is 0 Å². The van der Waals surface area contributed by atoms with Crippen LogP contribution < -0.4 is 15.4 Å². The minimum absolute atomic E-state index is 0.0321. The van der Waals surface area contributed by atoms with Gasteiger partial charge in [0.05, 0.1) is 17.7 Å². The molecule has 2 amide bonds. The summed E-state index contributed by atoms with van der Waals surface area (Å²) in [7, 11) is 0. The molecule has 2 aliphatic rings. The number of aromatic amines is 1. The molecule has 0 saturated heterocycles. The fourth-order valence-corrected chi connectivity index (χ4v) is 4.88. The molecule has 5 rings (SSSR count). The van der Waals surface area contributed by atoms with E-state index in [1.54, 1.807) is 6.20 Å². The molecular weight excluding hydrogens is 482 g/mol. The van der Waals surface area contributed by atoms with E-state index in [0.717, 1.165) is 48.3 Å². The van der Waals surface area contributed by atoms with Gasteiger partial charge in [0.2, 0.25) is 0 Å². The third kappa shape index (κ3) is 6.26. The number of benzene rings is 1. The number of carbonyl (C=O) groups excluding carboxylic acids is 2. The second-order valence-electron chi connectivity index (χ2n) is 11.6. The first kappa shape index (κ1) is 26.0. The third-order valence-corrected chi connectivity index (χ3v) is 7.05. The van der Waals surface area contributed by atoms with Gasteiger partial charge in [-0.1, -0.05) is 11.6 Å². The zero-order chi connectivity index (χ0) is 26.9. The maximum atomic E-state index is 13.3. The number of ether oxygens (including phenoxy) is 2. The first-order valence-corrected chi connectivity index (χ1v) is 13.5. The molecule has 2 saturated carbocycles. The van der Waals surface area contributed by atoms with Crippen LogP contribution in [0.25, 0.3) is 22.3 Å². The van der Waals surface area contributed by atoms with Crippen LogP contribution in [0, 0.1) is 12.8 Å². The van der Waals surface area contributed by atoms with Crippen molar-refractivity contribution in [3.05, 3.63) is 41.9 Å². The number of alkyl carbamates (subject to hydrolysis) is 1. The van der Waals surface area contributed by atoms with Gasteiger partial charge in [-0.15, -0.1) is 0 Å². The van der Waals surface area contributed by atoms with Crippen molar-refractivity contribution in [2.24, 2.45) is 5.92 Å². The summed E-state index contributed by atoms with van der Waals surface area (Å²) in [6, 6.07) is 6.17. The molecule has 3 N–H and O–H groups in total. The number of nitrogens with one attached hydrogen (secondary N) is 3. The monoisotopic (exact) mass is 519 g/mol. The molecular formula is C29H37N5O4. The third-order valence-electron chi connectivity index (χ3n) is 7.05. The quantitative estimate of drug-likeness (QED) is 0.390. The van der Waals surface area contributed by atoms with Crippen LogP contribution in [0.2, 0.25) is 0 Å². The largest absolute Gasteiger partial charge is 0.493 e. The van der Waals surface area contributed by atoms with E-state index in [-0.39, 0.29) is 18.0 Å². The van der Waals surface area contributed by atoms with Crippen molar-refractivity contribution in [2.45, 2.75) is 83.9 Å². The van der Waals surface area contributed by atoms with Crippen LogP contribution in [-0.4, -0.2) is 51.2 Å². The van der Waals surface area contributed by atoms with Crippen molar-refractivity contribution < 1.29 is 19.1 Å². The molecule has 0 atom stereocenters. The van der Waals surface area contributed by atoms with Crippen molar-refractivity contribution in [1.82, 2.24) is 25.6 Å². The molecule has 0 unspecified atom stereocenters. The molecule has 0 radical (unpaired) electrons. The summed E-state index contributed by atoms with van der Waals surface area (Å²) in [6.45, 7) is 8.29. The van der Waals surface area contributed by atoms with E-state index < -0.39 is 11.7 Å². The van der Waals surface area contributed by atoms with Crippen LogP contribution >= 0.6 is 0 Å². The number of amides is 2. The fourth-order valence-electron chi connectivity index (χ4n) is 4.88. The Labute approximate surface area is 223 Å². The van der Waals surface area contributed by atoms with Gasteiger partial charge in [-0.2, -0.15) is 0 Å². The van der Waals surface area contributed by atoms with E-state index in [1.807, 2.05) is 39.8 Å². The van der Waals surface area contributed by atoms with Crippen LogP contribution in [0.4, 0.5) is 4.79 Å². The molecule has 0 aliphatic heterocycles. The number of nitrogens with zero attached hydrogens (tertiary/aromatic N) is 2. The molecule has 2 heterocycles. The molecule has 2 fully saturated rings. The van der Waals surface area contributed by atoms with Gasteiger partial charge in [0, 0.05) is 23.8 Å². The van der Waals surface area contributed by atoms with Crippen molar-refractivity contribution in [3.8, 4) is 17.0 Å².